The third-order valence-electron chi connectivity index (χ3n) is 23.3. The molecule has 9 unspecified atom stereocenters. The maximum Gasteiger partial charge on any atom is 0.246 e. The van der Waals surface area contributed by atoms with Crippen LogP contribution in [0, 0.1) is 41.4 Å². The van der Waals surface area contributed by atoms with Gasteiger partial charge in [0.15, 0.2) is 41.2 Å². The maximum absolute atomic E-state index is 16.4. The number of aliphatic hydroxyl groups excluding tert-OH is 6. The Morgan fingerprint density at radius 2 is 1.33 bits per heavy atom. The molecule has 30 nitrogen and oxygen atoms in total. The summed E-state index contributed by atoms with van der Waals surface area (Å²) >= 11 is 14.4. The van der Waals surface area contributed by atoms with Gasteiger partial charge in [-0.15, -0.1) is 0 Å². The van der Waals surface area contributed by atoms with Gasteiger partial charge < -0.3 is 112 Å². The molecule has 0 aromatic heterocycles. The fourth-order valence-corrected chi connectivity index (χ4v) is 18.3. The minimum Gasteiger partial charge on any atom is -0.508 e. The number of Topliss-reactive ketones (excluding diaryl/α,β-unsaturated/α-hetero) is 3. The molecule has 6 fully saturated rings. The molecule has 5 amide bonds. The number of rotatable bonds is 15. The van der Waals surface area contributed by atoms with Crippen molar-refractivity contribution >= 4 is 70.1 Å². The number of hydrogen-bond donors (Lipinski definition) is 16. The number of nitrogens with one attached hydrogen (secondary N) is 5. The summed E-state index contributed by atoms with van der Waals surface area (Å²) in [5.74, 6) is -14.8. The second kappa shape index (κ2) is 32.5. The Labute approximate surface area is 648 Å². The molecule has 0 spiro atoms. The zero-order valence-corrected chi connectivity index (χ0v) is 62.9. The van der Waals surface area contributed by atoms with Gasteiger partial charge >= 0.3 is 0 Å². The number of aromatic hydroxyl groups is 3. The summed E-state index contributed by atoms with van der Waals surface area (Å²) < 4.78 is 38.9. The van der Waals surface area contributed by atoms with Gasteiger partial charge in [0.25, 0.3) is 0 Å². The van der Waals surface area contributed by atoms with Crippen LogP contribution in [-0.2, 0) is 52.6 Å². The smallest absolute Gasteiger partial charge is 0.246 e. The highest BCUT2D eigenvalue weighted by Gasteiger charge is 2.53. The van der Waals surface area contributed by atoms with Crippen molar-refractivity contribution < 1.29 is 113 Å². The zero-order chi connectivity index (χ0) is 79.7. The summed E-state index contributed by atoms with van der Waals surface area (Å²) in [5.41, 5.74) is 9.56. The first-order valence-electron chi connectivity index (χ1n) is 37.4. The first-order chi connectivity index (χ1) is 52.6. The van der Waals surface area contributed by atoms with E-state index in [0.717, 1.165) is 62.4 Å². The van der Waals surface area contributed by atoms with Crippen molar-refractivity contribution in [1.82, 2.24) is 26.6 Å². The van der Waals surface area contributed by atoms with E-state index in [2.05, 4.69) is 26.6 Å². The molecule has 0 radical (unpaired) electrons. The number of amides is 5. The first kappa shape index (κ1) is 80.4. The third kappa shape index (κ3) is 16.6. The number of phenolic OH excluding ortho intramolecular Hbond substituents is 3. The van der Waals surface area contributed by atoms with Crippen molar-refractivity contribution in [2.75, 3.05) is 13.7 Å². The van der Waals surface area contributed by atoms with Crippen LogP contribution in [0.15, 0.2) is 78.9 Å². The normalized spacial score (nSPS) is 33.0. The molecule has 5 aromatic rings. The van der Waals surface area contributed by atoms with E-state index in [4.69, 9.17) is 63.1 Å². The molecule has 596 valence electrons. The molecule has 16 rings (SSSR count). The number of hydrogen-bond acceptors (Lipinski definition) is 25. The van der Waals surface area contributed by atoms with E-state index in [1.807, 2.05) is 13.8 Å². The van der Waals surface area contributed by atoms with Crippen LogP contribution < -0.4 is 52.3 Å². The molecule has 2 saturated heterocycles. The molecule has 15 bridgehead atoms. The highest BCUT2D eigenvalue weighted by Crippen LogP contribution is 2.58. The molecule has 111 heavy (non-hydrogen) atoms. The van der Waals surface area contributed by atoms with Crippen LogP contribution >= 0.6 is 23.2 Å². The van der Waals surface area contributed by atoms with Crippen LogP contribution in [0.3, 0.4) is 0 Å². The topological polar surface area (TPSA) is 486 Å². The van der Waals surface area contributed by atoms with Crippen LogP contribution in [0.25, 0.3) is 11.1 Å². The molecule has 4 saturated carbocycles. The second-order valence-corrected chi connectivity index (χ2v) is 32.5. The number of ether oxygens (including phenoxy) is 6. The SMILES string of the molecule is CN[C@H](CC(C)C)C(=O)N[C@H]1C(=O)C[C@@H](CC(N)=O)C(=O)N[C@H]2C(=O)C[C@H]3C(=O)N[C@H](C(=O)N[C@H](C(=O)CC4C5CC6CC(C5)CC4C6)c4cc(O)cc(O)c4-c4cc3ccc4O)[C@H](O)c3ccc(c(Cl)c3)Oc3cc2cc(c3OC2OC(CO)C(O)C(O)C2OC2CC(C)(N)C(O)C(C)O2)Oc2ccc(cc2Cl)[C@H]1O. The van der Waals surface area contributed by atoms with E-state index in [0.29, 0.717) is 11.8 Å². The van der Waals surface area contributed by atoms with Crippen LogP contribution in [0.4, 0.5) is 0 Å². The van der Waals surface area contributed by atoms with Gasteiger partial charge in [0.05, 0.1) is 46.7 Å². The Bertz CT molecular complexity index is 4440. The minimum absolute atomic E-state index is 0.0636. The van der Waals surface area contributed by atoms with E-state index < -0.39 is 216 Å². The summed E-state index contributed by atoms with van der Waals surface area (Å²) in [6.45, 7) is 5.80. The van der Waals surface area contributed by atoms with Gasteiger partial charge in [-0.2, -0.15) is 0 Å². The fourth-order valence-electron chi connectivity index (χ4n) is 17.8. The Morgan fingerprint density at radius 1 is 0.703 bits per heavy atom. The lowest BCUT2D eigenvalue weighted by molar-refractivity contribution is -0.333. The lowest BCUT2D eigenvalue weighted by Gasteiger charge is -2.54. The fraction of sp³-hybridized carbons (Fsp3) is 0.519. The summed E-state index contributed by atoms with van der Waals surface area (Å²) in [6, 6.07) is 6.46. The summed E-state index contributed by atoms with van der Waals surface area (Å²) in [7, 11) is 1.51. The maximum atomic E-state index is 16.4. The van der Waals surface area contributed by atoms with Crippen LogP contribution in [0.2, 0.25) is 10.0 Å². The highest BCUT2D eigenvalue weighted by atomic mass is 35.5. The molecule has 4 aliphatic carbocycles. The lowest BCUT2D eigenvalue weighted by Crippen LogP contribution is -2.64. The number of nitrogens with two attached hydrogens (primary N) is 2. The van der Waals surface area contributed by atoms with Crippen molar-refractivity contribution in [2.45, 2.75) is 201 Å². The summed E-state index contributed by atoms with van der Waals surface area (Å²) in [6.07, 6.45) is -15.2. The summed E-state index contributed by atoms with van der Waals surface area (Å²) in [5, 5.41) is 119. The number of carbonyl (C=O) groups is 8. The number of primary amides is 1. The van der Waals surface area contributed by atoms with Crippen LogP contribution in [0.5, 0.6) is 46.0 Å². The van der Waals surface area contributed by atoms with E-state index in [1.54, 1.807) is 0 Å². The van der Waals surface area contributed by atoms with Gasteiger partial charge in [-0.3, -0.25) is 38.4 Å². The van der Waals surface area contributed by atoms with Crippen molar-refractivity contribution in [3.05, 3.63) is 117 Å². The number of fused-ring (bicyclic) bond motifs is 15. The molecule has 7 heterocycles. The largest absolute Gasteiger partial charge is 0.508 e. The van der Waals surface area contributed by atoms with Gasteiger partial charge in [-0.1, -0.05) is 55.2 Å². The van der Waals surface area contributed by atoms with E-state index in [1.165, 1.54) is 69.4 Å². The Kier molecular flexibility index (Phi) is 23.5. The zero-order valence-electron chi connectivity index (χ0n) is 61.4. The molecule has 18 atom stereocenters. The minimum atomic E-state index is -2.17. The van der Waals surface area contributed by atoms with Crippen molar-refractivity contribution in [2.24, 2.45) is 52.9 Å². The van der Waals surface area contributed by atoms with Gasteiger partial charge in [0.1, 0.15) is 83.4 Å². The quantitative estimate of drug-likeness (QED) is 0.0653. The molecular weight excluding hydrogens is 1490 g/mol. The number of halogens is 2. The van der Waals surface area contributed by atoms with Gasteiger partial charge in [-0.05, 0) is 177 Å². The number of likely N-dealkylation sites (N-methyl/N-ethyl adjacent to an activating group) is 1. The first-order valence-corrected chi connectivity index (χ1v) is 38.1. The van der Waals surface area contributed by atoms with Crippen molar-refractivity contribution in [3.63, 3.8) is 0 Å². The molecule has 32 heteroatoms. The number of ketones is 3. The van der Waals surface area contributed by atoms with Crippen molar-refractivity contribution in [3.8, 4) is 57.1 Å². The van der Waals surface area contributed by atoms with Crippen LogP contribution in [-0.4, -0.2) is 179 Å². The van der Waals surface area contributed by atoms with E-state index in [-0.39, 0.29) is 103 Å². The third-order valence-corrected chi connectivity index (χ3v) is 23.9. The molecular formula is C79H93Cl2N7O23. The second-order valence-electron chi connectivity index (χ2n) is 31.7. The molecule has 18 N–H and O–H groups in total. The Morgan fingerprint density at radius 3 is 1.93 bits per heavy atom. The lowest BCUT2D eigenvalue weighted by atomic mass is 9.51. The molecule has 7 aliphatic heterocycles. The van der Waals surface area contributed by atoms with Gasteiger partial charge in [0, 0.05) is 54.8 Å². The Hall–Kier alpha value is -8.60. The predicted molar refractivity (Wildman–Crippen MR) is 394 cm³/mol. The number of carbonyl (C=O) groups excluding carboxylic acids is 8. The van der Waals surface area contributed by atoms with E-state index >= 15 is 28.8 Å². The Balaban J connectivity index is 1.01. The predicted octanol–water partition coefficient (Wildman–Crippen LogP) is 5.03. The van der Waals surface area contributed by atoms with Crippen LogP contribution in [0.1, 0.15) is 156 Å². The van der Waals surface area contributed by atoms with E-state index in [9.17, 15) is 55.5 Å². The number of aliphatic hydroxyl groups is 6. The molecule has 5 aromatic carbocycles. The number of phenols is 3. The average molecular weight is 1580 g/mol. The summed E-state index contributed by atoms with van der Waals surface area (Å²) in [4.78, 5) is 122. The average Bonchev–Trinajstić information content (AvgIpc) is 0.756. The van der Waals surface area contributed by atoms with Gasteiger partial charge in [0.2, 0.25) is 41.6 Å². The highest BCUT2D eigenvalue weighted by molar-refractivity contribution is 6.32. The molecule has 11 aliphatic rings. The van der Waals surface area contributed by atoms with Crippen molar-refractivity contribution in [1.29, 1.82) is 0 Å². The monoisotopic (exact) mass is 1580 g/mol. The number of benzene rings is 5. The standard InChI is InChI=1S/C79H93Cl2N7O23/c1-31(2)12-49(84-5)76(104)87-65-52(93)21-41(24-60(82)96)74(102)85-63-40-22-57(107-55-10-7-36(67(65)97)19-47(55)80)71(111-78-72(70(100)69(99)59(30-89)109-78)110-61-29-79(4,83)73(101)32(3)106-61)58(23-40)108-56-11-8-37(20-48(56)81)68(98)66-77(105)86-64(54(95)27-43-38-14-33-13-34(16-38)17-39(43)15-33)46-25-42(90)26-51(92)62(46)45-18-35(6-9-50(45)91)44(28-53(63)94)75(103)88-66/h6-11,18-20,22-23,25-26,31-34,38-39,41,43-44,49,59,61,63-70,72-73,78,84,89-92,97-101H,12-17,21,24,27-30,83H2,1-5H3,(H2,82,96)(H,85,102)(H,86,105)(H,87,104)(H,88,103)/t32?,33?,34?,38?,39?,41-,43?,44+,49+,59?,61?,63+,64-,65-,66-,67+,68+,69?,70?,72?,73?,78?,79?/m0/s1. The van der Waals surface area contributed by atoms with Gasteiger partial charge in [-0.25, -0.2) is 0 Å².